The highest BCUT2D eigenvalue weighted by Gasteiger charge is 2.26. The van der Waals surface area contributed by atoms with Gasteiger partial charge in [-0.3, -0.25) is 13.8 Å². The molecule has 2 unspecified atom stereocenters. The van der Waals surface area contributed by atoms with Crippen LogP contribution in [0.1, 0.15) is 129 Å². The number of quaternary nitrogens is 1. The van der Waals surface area contributed by atoms with Crippen LogP contribution in [0.4, 0.5) is 0 Å². The Kier molecular flexibility index (Phi) is 26.3. The Balaban J connectivity index is 4.36. The zero-order valence-corrected chi connectivity index (χ0v) is 28.2. The molecule has 0 radical (unpaired) electrons. The molecule has 8 nitrogen and oxygen atoms in total. The van der Waals surface area contributed by atoms with Crippen molar-refractivity contribution in [3.05, 3.63) is 12.2 Å². The Morgan fingerprint density at radius 1 is 0.732 bits per heavy atom. The van der Waals surface area contributed by atoms with Gasteiger partial charge in [0.1, 0.15) is 19.3 Å². The van der Waals surface area contributed by atoms with Crippen molar-refractivity contribution in [2.45, 2.75) is 136 Å². The Morgan fingerprint density at radius 3 is 1.90 bits per heavy atom. The Morgan fingerprint density at radius 2 is 1.27 bits per heavy atom. The number of phosphoric ester groups is 1. The molecule has 0 spiro atoms. The van der Waals surface area contributed by atoms with Crippen LogP contribution in [0, 0.1) is 0 Å². The van der Waals surface area contributed by atoms with Gasteiger partial charge >= 0.3 is 13.8 Å². The summed E-state index contributed by atoms with van der Waals surface area (Å²) in [4.78, 5) is 22.6. The van der Waals surface area contributed by atoms with Gasteiger partial charge in [-0.05, 0) is 38.5 Å². The number of carbonyl (C=O) groups excluding carboxylic acids is 1. The molecule has 0 aliphatic carbocycles. The highest BCUT2D eigenvalue weighted by molar-refractivity contribution is 7.47. The van der Waals surface area contributed by atoms with E-state index < -0.39 is 13.9 Å². The molecule has 0 amide bonds. The quantitative estimate of drug-likeness (QED) is 0.0289. The van der Waals surface area contributed by atoms with E-state index in [1.54, 1.807) is 0 Å². The van der Waals surface area contributed by atoms with Gasteiger partial charge in [-0.2, -0.15) is 0 Å². The second-order valence-electron chi connectivity index (χ2n) is 12.2. The van der Waals surface area contributed by atoms with Crippen LogP contribution in [0.3, 0.4) is 0 Å². The summed E-state index contributed by atoms with van der Waals surface area (Å²) in [5.41, 5.74) is 0. The predicted octanol–water partition coefficient (Wildman–Crippen LogP) is 8.37. The van der Waals surface area contributed by atoms with E-state index in [0.717, 1.165) is 44.9 Å². The maximum absolute atomic E-state index is 12.5. The summed E-state index contributed by atoms with van der Waals surface area (Å²) < 4.78 is 34.5. The van der Waals surface area contributed by atoms with Gasteiger partial charge in [-0.15, -0.1) is 0 Å². The molecule has 0 aromatic carbocycles. The van der Waals surface area contributed by atoms with Crippen molar-refractivity contribution in [2.24, 2.45) is 0 Å². The molecule has 0 heterocycles. The minimum atomic E-state index is -4.25. The number of esters is 1. The van der Waals surface area contributed by atoms with Gasteiger partial charge in [-0.25, -0.2) is 4.57 Å². The number of hydrogen-bond donors (Lipinski definition) is 1. The van der Waals surface area contributed by atoms with Gasteiger partial charge in [-0.1, -0.05) is 96.6 Å². The number of phosphoric acid groups is 1. The second-order valence-corrected chi connectivity index (χ2v) is 13.6. The largest absolute Gasteiger partial charge is 0.472 e. The lowest BCUT2D eigenvalue weighted by atomic mass is 10.1. The summed E-state index contributed by atoms with van der Waals surface area (Å²) >= 11 is 0. The average Bonchev–Trinajstić information content (AvgIpc) is 2.90. The molecule has 0 aliphatic heterocycles. The van der Waals surface area contributed by atoms with Crippen molar-refractivity contribution >= 4 is 13.8 Å². The number of nitrogens with zero attached hydrogens (tertiary/aromatic N) is 1. The van der Waals surface area contributed by atoms with E-state index >= 15 is 0 Å². The lowest BCUT2D eigenvalue weighted by molar-refractivity contribution is -0.870. The highest BCUT2D eigenvalue weighted by Crippen LogP contribution is 2.43. The first-order valence-electron chi connectivity index (χ1n) is 16.4. The lowest BCUT2D eigenvalue weighted by Gasteiger charge is -2.24. The van der Waals surface area contributed by atoms with Gasteiger partial charge < -0.3 is 18.9 Å². The van der Waals surface area contributed by atoms with E-state index in [0.29, 0.717) is 24.1 Å². The van der Waals surface area contributed by atoms with Crippen LogP contribution in [-0.2, 0) is 27.9 Å². The lowest BCUT2D eigenvalue weighted by Crippen LogP contribution is -2.37. The van der Waals surface area contributed by atoms with Crippen LogP contribution in [0.5, 0.6) is 0 Å². The minimum Gasteiger partial charge on any atom is -0.457 e. The molecule has 0 saturated carbocycles. The third-order valence-electron chi connectivity index (χ3n) is 6.83. The van der Waals surface area contributed by atoms with Crippen LogP contribution >= 0.6 is 7.82 Å². The summed E-state index contributed by atoms with van der Waals surface area (Å²) in [6.45, 7) is 5.54. The van der Waals surface area contributed by atoms with E-state index in [9.17, 15) is 14.3 Å². The summed E-state index contributed by atoms with van der Waals surface area (Å²) in [6, 6.07) is 0. The zero-order chi connectivity index (χ0) is 30.7. The minimum absolute atomic E-state index is 0.0890. The summed E-state index contributed by atoms with van der Waals surface area (Å²) in [6.07, 6.45) is 23.8. The highest BCUT2D eigenvalue weighted by atomic mass is 31.2. The van der Waals surface area contributed by atoms with E-state index in [2.05, 4.69) is 26.0 Å². The second kappa shape index (κ2) is 26.8. The maximum atomic E-state index is 12.5. The first kappa shape index (κ1) is 40.2. The van der Waals surface area contributed by atoms with Crippen molar-refractivity contribution in [3.63, 3.8) is 0 Å². The van der Waals surface area contributed by atoms with Crippen LogP contribution in [0.15, 0.2) is 12.2 Å². The number of rotatable bonds is 30. The normalized spacial score (nSPS) is 14.4. The molecule has 0 fully saturated rings. The number of carbonyl (C=O) groups is 1. The zero-order valence-electron chi connectivity index (χ0n) is 27.3. The molecular weight excluding hydrogens is 541 g/mol. The Labute approximate surface area is 252 Å². The van der Waals surface area contributed by atoms with Crippen molar-refractivity contribution < 1.29 is 37.3 Å². The third kappa shape index (κ3) is 30.5. The number of allylic oxidation sites excluding steroid dienone is 2. The standard InChI is InChI=1S/C32H64NO7P/c1-6-8-10-12-14-15-16-17-18-19-21-23-25-32(34)40-31(29-37-27-24-22-20-13-11-9-7-2)30-39-41(35,36)38-28-26-33(3,4)5/h14-15,31H,6-13,16-30H2,1-5H3/p+1/b15-14-. The smallest absolute Gasteiger partial charge is 0.457 e. The number of unbranched alkanes of at least 4 members (excludes halogenated alkanes) is 14. The monoisotopic (exact) mass is 606 g/mol. The summed E-state index contributed by atoms with van der Waals surface area (Å²) in [5, 5.41) is 0. The molecule has 0 aromatic heterocycles. The molecule has 0 aliphatic rings. The fourth-order valence-corrected chi connectivity index (χ4v) is 4.93. The van der Waals surface area contributed by atoms with Gasteiger partial charge in [0.05, 0.1) is 34.4 Å². The first-order chi connectivity index (χ1) is 19.6. The van der Waals surface area contributed by atoms with Gasteiger partial charge in [0, 0.05) is 13.0 Å². The van der Waals surface area contributed by atoms with Crippen molar-refractivity contribution in [3.8, 4) is 0 Å². The summed E-state index contributed by atoms with van der Waals surface area (Å²) in [7, 11) is 1.66. The molecule has 0 rings (SSSR count). The molecule has 244 valence electrons. The van der Waals surface area contributed by atoms with Crippen LogP contribution in [0.2, 0.25) is 0 Å². The number of hydrogen-bond acceptors (Lipinski definition) is 6. The maximum Gasteiger partial charge on any atom is 0.472 e. The number of ether oxygens (including phenoxy) is 2. The fraction of sp³-hybridized carbons (Fsp3) is 0.906. The van der Waals surface area contributed by atoms with Crippen molar-refractivity contribution in [1.82, 2.24) is 0 Å². The molecule has 1 N–H and O–H groups in total. The summed E-state index contributed by atoms with van der Waals surface area (Å²) in [5.74, 6) is -0.327. The SMILES string of the molecule is CCCCC/C=C\CCCCCCCC(=O)OC(COCCCCCCCCC)COP(=O)(O)OCC[N+](C)(C)C. The van der Waals surface area contributed by atoms with Crippen LogP contribution < -0.4 is 0 Å². The molecule has 9 heteroatoms. The first-order valence-corrected chi connectivity index (χ1v) is 17.9. The third-order valence-corrected chi connectivity index (χ3v) is 7.81. The molecular formula is C32H65NO7P+. The van der Waals surface area contributed by atoms with E-state index in [4.69, 9.17) is 18.5 Å². The Bertz CT molecular complexity index is 681. The number of likely N-dealkylation sites (N-methyl/N-ethyl adjacent to an activating group) is 1. The van der Waals surface area contributed by atoms with E-state index in [1.807, 2.05) is 21.1 Å². The molecule has 0 bridgehead atoms. The van der Waals surface area contributed by atoms with Crippen LogP contribution in [0.25, 0.3) is 0 Å². The van der Waals surface area contributed by atoms with Gasteiger partial charge in [0.2, 0.25) is 0 Å². The molecule has 41 heavy (non-hydrogen) atoms. The molecule has 0 saturated heterocycles. The van der Waals surface area contributed by atoms with E-state index in [1.165, 1.54) is 64.2 Å². The molecule has 0 aromatic rings. The average molecular weight is 607 g/mol. The predicted molar refractivity (Wildman–Crippen MR) is 169 cm³/mol. The topological polar surface area (TPSA) is 91.3 Å². The van der Waals surface area contributed by atoms with Crippen molar-refractivity contribution in [1.29, 1.82) is 0 Å². The van der Waals surface area contributed by atoms with Crippen LogP contribution in [-0.4, -0.2) is 75.6 Å². The van der Waals surface area contributed by atoms with Crippen molar-refractivity contribution in [2.75, 3.05) is 54.1 Å². The fourth-order valence-electron chi connectivity index (χ4n) is 4.19. The molecule has 2 atom stereocenters. The van der Waals surface area contributed by atoms with Gasteiger partial charge in [0.25, 0.3) is 0 Å². The van der Waals surface area contributed by atoms with E-state index in [-0.39, 0.29) is 25.8 Å². The Hall–Kier alpha value is -0.760. The van der Waals surface area contributed by atoms with Gasteiger partial charge in [0.15, 0.2) is 0 Å².